The van der Waals surface area contributed by atoms with Crippen molar-refractivity contribution < 1.29 is 19.4 Å². The number of aromatic nitrogens is 1. The van der Waals surface area contributed by atoms with Crippen LogP contribution in [0.25, 0.3) is 0 Å². The Bertz CT molecular complexity index is 1080. The molecule has 0 radical (unpaired) electrons. The van der Waals surface area contributed by atoms with Crippen molar-refractivity contribution in [2.24, 2.45) is 16.8 Å². The molecule has 1 aromatic carbocycles. The number of rotatable bonds is 6. The molecular formula is C21H23ClN6O4. The molecule has 3 unspecified atom stereocenters. The van der Waals surface area contributed by atoms with Crippen LogP contribution >= 0.6 is 11.6 Å². The third-order valence-electron chi connectivity index (χ3n) is 5.78. The van der Waals surface area contributed by atoms with E-state index in [2.05, 4.69) is 20.7 Å². The second-order valence-corrected chi connectivity index (χ2v) is 8.29. The smallest absolute Gasteiger partial charge is 0.303 e. The second-order valence-electron chi connectivity index (χ2n) is 7.89. The van der Waals surface area contributed by atoms with Crippen molar-refractivity contribution in [2.75, 3.05) is 30.0 Å². The first-order valence-electron chi connectivity index (χ1n) is 10.4. The van der Waals surface area contributed by atoms with Gasteiger partial charge in [-0.25, -0.2) is 4.98 Å². The fourth-order valence-electron chi connectivity index (χ4n) is 4.15. The third kappa shape index (κ3) is 3.97. The highest BCUT2D eigenvalue weighted by molar-refractivity contribution is 6.31. The summed E-state index contributed by atoms with van der Waals surface area (Å²) >= 11 is 6.30. The van der Waals surface area contributed by atoms with Gasteiger partial charge in [-0.3, -0.25) is 4.79 Å². The largest absolute Gasteiger partial charge is 0.480 e. The van der Waals surface area contributed by atoms with E-state index in [4.69, 9.17) is 26.8 Å². The summed E-state index contributed by atoms with van der Waals surface area (Å²) in [6.45, 7) is 1.29. The van der Waals surface area contributed by atoms with Crippen LogP contribution in [0.2, 0.25) is 5.02 Å². The number of halogens is 1. The highest BCUT2D eigenvalue weighted by Gasteiger charge is 2.32. The molecule has 0 fully saturated rings. The van der Waals surface area contributed by atoms with Gasteiger partial charge in [0.15, 0.2) is 24.0 Å². The predicted octanol–water partition coefficient (Wildman–Crippen LogP) is 1.34. The molecule has 0 spiro atoms. The van der Waals surface area contributed by atoms with E-state index in [-0.39, 0.29) is 30.3 Å². The van der Waals surface area contributed by atoms with E-state index >= 15 is 0 Å². The Hall–Kier alpha value is -2.92. The number of carbonyl (C=O) groups is 1. The van der Waals surface area contributed by atoms with Gasteiger partial charge in [0.2, 0.25) is 5.90 Å². The molecule has 5 rings (SSSR count). The zero-order chi connectivity index (χ0) is 22.2. The molecule has 0 saturated heterocycles. The van der Waals surface area contributed by atoms with Crippen LogP contribution in [0.5, 0.6) is 5.75 Å². The fraction of sp³-hybridized carbons (Fsp3) is 0.381. The average molecular weight is 459 g/mol. The molecule has 1 aliphatic carbocycles. The van der Waals surface area contributed by atoms with Crippen LogP contribution in [0.4, 0.5) is 11.6 Å². The van der Waals surface area contributed by atoms with Crippen LogP contribution in [0.1, 0.15) is 23.6 Å². The molecule has 2 aromatic rings. The molecule has 5 N–H and O–H groups in total. The topological polar surface area (TPSA) is 134 Å². The van der Waals surface area contributed by atoms with Crippen LogP contribution in [-0.2, 0) is 16.0 Å². The Morgan fingerprint density at radius 3 is 3.06 bits per heavy atom. The minimum absolute atomic E-state index is 0.0480. The van der Waals surface area contributed by atoms with Gasteiger partial charge in [0.05, 0.1) is 0 Å². The number of anilines is 2. The number of aliphatic hydroxyl groups excluding tert-OH is 1. The van der Waals surface area contributed by atoms with E-state index < -0.39 is 6.41 Å². The van der Waals surface area contributed by atoms with Gasteiger partial charge in [-0.1, -0.05) is 23.7 Å². The molecule has 168 valence electrons. The Balaban J connectivity index is 1.15. The van der Waals surface area contributed by atoms with E-state index in [1.165, 1.54) is 5.01 Å². The first kappa shape index (κ1) is 21.0. The van der Waals surface area contributed by atoms with Crippen molar-refractivity contribution in [2.45, 2.75) is 25.3 Å². The summed E-state index contributed by atoms with van der Waals surface area (Å²) < 4.78 is 10.7. The molecule has 3 atom stereocenters. The quantitative estimate of drug-likeness (QED) is 0.476. The zero-order valence-electron chi connectivity index (χ0n) is 17.1. The van der Waals surface area contributed by atoms with E-state index in [1.54, 1.807) is 12.1 Å². The molecule has 32 heavy (non-hydrogen) atoms. The maximum Gasteiger partial charge on any atom is 0.303 e. The van der Waals surface area contributed by atoms with Gasteiger partial charge in [0.25, 0.3) is 5.91 Å². The summed E-state index contributed by atoms with van der Waals surface area (Å²) in [4.78, 5) is 15.8. The number of hydrogen-bond acceptors (Lipinski definition) is 9. The van der Waals surface area contributed by atoms with E-state index in [9.17, 15) is 9.90 Å². The second kappa shape index (κ2) is 8.55. The highest BCUT2D eigenvalue weighted by atomic mass is 35.5. The number of benzene rings is 1. The van der Waals surface area contributed by atoms with E-state index in [0.717, 1.165) is 29.1 Å². The SMILES string of the molecule is NC1c2cccc(Cl)c2CC1CNCCC1=NN(c2ccc3c(n2)NC(=O)CO3)C(O)O1. The Labute approximate surface area is 189 Å². The summed E-state index contributed by atoms with van der Waals surface area (Å²) in [5, 5.41) is 22.6. The third-order valence-corrected chi connectivity index (χ3v) is 6.13. The first-order chi connectivity index (χ1) is 15.5. The minimum Gasteiger partial charge on any atom is -0.480 e. The maximum atomic E-state index is 11.5. The lowest BCUT2D eigenvalue weighted by atomic mass is 10.0. The van der Waals surface area contributed by atoms with Crippen LogP contribution in [-0.4, -0.2) is 48.0 Å². The lowest BCUT2D eigenvalue weighted by Crippen LogP contribution is -2.31. The van der Waals surface area contributed by atoms with Crippen molar-refractivity contribution in [3.8, 4) is 5.75 Å². The summed E-state index contributed by atoms with van der Waals surface area (Å²) in [5.74, 6) is 1.43. The molecule has 10 nitrogen and oxygen atoms in total. The van der Waals surface area contributed by atoms with E-state index in [0.29, 0.717) is 30.4 Å². The number of hydrazone groups is 1. The van der Waals surface area contributed by atoms with Gasteiger partial charge in [-0.05, 0) is 41.7 Å². The summed E-state index contributed by atoms with van der Waals surface area (Å²) in [6.07, 6.45) is 0.0291. The van der Waals surface area contributed by atoms with Gasteiger partial charge in [0.1, 0.15) is 0 Å². The first-order valence-corrected chi connectivity index (χ1v) is 10.8. The zero-order valence-corrected chi connectivity index (χ0v) is 17.9. The van der Waals surface area contributed by atoms with Crippen LogP contribution in [0.15, 0.2) is 35.4 Å². The number of pyridine rings is 1. The van der Waals surface area contributed by atoms with Gasteiger partial charge in [0, 0.05) is 30.6 Å². The van der Waals surface area contributed by atoms with Crippen molar-refractivity contribution >= 4 is 35.0 Å². The number of ether oxygens (including phenoxy) is 2. The van der Waals surface area contributed by atoms with Gasteiger partial charge in [-0.2, -0.15) is 5.01 Å². The normalized spacial score (nSPS) is 23.7. The molecule has 3 aliphatic rings. The Morgan fingerprint density at radius 1 is 1.34 bits per heavy atom. The number of nitrogens with two attached hydrogens (primary N) is 1. The van der Waals surface area contributed by atoms with Gasteiger partial charge >= 0.3 is 6.41 Å². The predicted molar refractivity (Wildman–Crippen MR) is 118 cm³/mol. The Kier molecular flexibility index (Phi) is 5.60. The average Bonchev–Trinajstić information content (AvgIpc) is 3.31. The van der Waals surface area contributed by atoms with Crippen molar-refractivity contribution in [3.05, 3.63) is 46.5 Å². The molecule has 0 bridgehead atoms. The number of fused-ring (bicyclic) bond motifs is 2. The molecule has 3 heterocycles. The van der Waals surface area contributed by atoms with Gasteiger partial charge < -0.3 is 30.9 Å². The molecular weight excluding hydrogens is 436 g/mol. The number of hydrogen-bond donors (Lipinski definition) is 4. The number of carbonyl (C=O) groups excluding carboxylic acids is 1. The van der Waals surface area contributed by atoms with Gasteiger partial charge in [-0.15, -0.1) is 5.10 Å². The lowest BCUT2D eigenvalue weighted by molar-refractivity contribution is -0.118. The molecule has 2 aliphatic heterocycles. The van der Waals surface area contributed by atoms with Crippen LogP contribution < -0.4 is 26.1 Å². The lowest BCUT2D eigenvalue weighted by Gasteiger charge is -2.20. The standard InChI is InChI=1S/C21H23ClN6O4/c22-14-3-1-2-12-13(14)8-11(19(12)23)9-24-7-6-18-27-28(21(30)32-18)16-5-4-15-20(25-16)26-17(29)10-31-15/h1-5,11,19,21,24,30H,6-10,23H2,(H,25,26,29). The highest BCUT2D eigenvalue weighted by Crippen LogP contribution is 2.37. The Morgan fingerprint density at radius 2 is 2.22 bits per heavy atom. The summed E-state index contributed by atoms with van der Waals surface area (Å²) in [6, 6.07) is 9.12. The van der Waals surface area contributed by atoms with Crippen LogP contribution in [0.3, 0.4) is 0 Å². The van der Waals surface area contributed by atoms with Crippen molar-refractivity contribution in [1.29, 1.82) is 0 Å². The molecule has 0 saturated carbocycles. The number of nitrogens with zero attached hydrogens (tertiary/aromatic N) is 3. The summed E-state index contributed by atoms with van der Waals surface area (Å²) in [5.41, 5.74) is 8.64. The van der Waals surface area contributed by atoms with Crippen LogP contribution in [0, 0.1) is 5.92 Å². The fourth-order valence-corrected chi connectivity index (χ4v) is 4.41. The monoisotopic (exact) mass is 458 g/mol. The van der Waals surface area contributed by atoms with E-state index in [1.807, 2.05) is 18.2 Å². The number of nitrogens with one attached hydrogen (secondary N) is 2. The maximum absolute atomic E-state index is 11.5. The number of aliphatic hydroxyl groups is 1. The number of amides is 1. The van der Waals surface area contributed by atoms with Crippen molar-refractivity contribution in [3.63, 3.8) is 0 Å². The molecule has 1 amide bonds. The molecule has 11 heteroatoms. The minimum atomic E-state index is -1.30. The molecule has 1 aromatic heterocycles. The van der Waals surface area contributed by atoms with Crippen molar-refractivity contribution in [1.82, 2.24) is 10.3 Å². The summed E-state index contributed by atoms with van der Waals surface area (Å²) in [7, 11) is 0.